The molecule has 3 atom stereocenters. The van der Waals surface area contributed by atoms with Crippen LogP contribution in [-0.2, 0) is 0 Å². The molecule has 1 N–H and O–H groups in total. The summed E-state index contributed by atoms with van der Waals surface area (Å²) >= 11 is 0. The minimum atomic E-state index is -4.15. The van der Waals surface area contributed by atoms with Crippen molar-refractivity contribution < 1.29 is 18.3 Å². The van der Waals surface area contributed by atoms with Crippen LogP contribution in [0.1, 0.15) is 46.0 Å². The third-order valence-electron chi connectivity index (χ3n) is 3.70. The predicted molar refractivity (Wildman–Crippen MR) is 65.3 cm³/mol. The van der Waals surface area contributed by atoms with E-state index in [9.17, 15) is 18.3 Å². The van der Waals surface area contributed by atoms with Crippen LogP contribution in [0.4, 0.5) is 13.2 Å². The van der Waals surface area contributed by atoms with E-state index in [1.54, 1.807) is 0 Å². The standard InChI is InChI=1S/C13H24F3NO/c1-3-7-17(8-4-2)12-9-10(18)5-6-11(12)13(14,15)16/h10-12,18H,3-9H2,1-2H3. The predicted octanol–water partition coefficient (Wildman–Crippen LogP) is 3.20. The molecular formula is C13H24F3NO. The van der Waals surface area contributed by atoms with E-state index in [4.69, 9.17) is 0 Å². The summed E-state index contributed by atoms with van der Waals surface area (Å²) in [4.78, 5) is 1.92. The number of halogens is 3. The maximum absolute atomic E-state index is 13.1. The Bertz CT molecular complexity index is 239. The first-order valence-electron chi connectivity index (χ1n) is 6.89. The number of hydrogen-bond acceptors (Lipinski definition) is 2. The van der Waals surface area contributed by atoms with Crippen LogP contribution in [0.3, 0.4) is 0 Å². The van der Waals surface area contributed by atoms with Gasteiger partial charge in [0, 0.05) is 6.04 Å². The third kappa shape index (κ3) is 4.12. The highest BCUT2D eigenvalue weighted by Gasteiger charge is 2.48. The summed E-state index contributed by atoms with van der Waals surface area (Å²) in [6, 6.07) is -0.548. The summed E-state index contributed by atoms with van der Waals surface area (Å²) in [7, 11) is 0. The van der Waals surface area contributed by atoms with Gasteiger partial charge in [-0.05, 0) is 45.2 Å². The van der Waals surface area contributed by atoms with E-state index in [0.717, 1.165) is 12.8 Å². The molecule has 0 bridgehead atoms. The van der Waals surface area contributed by atoms with Crippen molar-refractivity contribution in [3.63, 3.8) is 0 Å². The zero-order chi connectivity index (χ0) is 13.8. The van der Waals surface area contributed by atoms with E-state index in [1.807, 2.05) is 18.7 Å². The van der Waals surface area contributed by atoms with E-state index in [1.165, 1.54) is 0 Å². The molecule has 0 aromatic carbocycles. The van der Waals surface area contributed by atoms with Crippen LogP contribution in [0.5, 0.6) is 0 Å². The summed E-state index contributed by atoms with van der Waals surface area (Å²) < 4.78 is 39.2. The van der Waals surface area contributed by atoms with Crippen molar-refractivity contribution >= 4 is 0 Å². The fraction of sp³-hybridized carbons (Fsp3) is 1.00. The van der Waals surface area contributed by atoms with Crippen LogP contribution in [0.2, 0.25) is 0 Å². The number of hydrogen-bond donors (Lipinski definition) is 1. The lowest BCUT2D eigenvalue weighted by molar-refractivity contribution is -0.205. The molecule has 0 aliphatic heterocycles. The maximum atomic E-state index is 13.1. The molecule has 1 rings (SSSR count). The molecule has 0 aromatic heterocycles. The molecule has 1 saturated carbocycles. The summed E-state index contributed by atoms with van der Waals surface area (Å²) in [5.41, 5.74) is 0. The largest absolute Gasteiger partial charge is 0.393 e. The van der Waals surface area contributed by atoms with Crippen molar-refractivity contribution in [2.75, 3.05) is 13.1 Å². The number of rotatable bonds is 5. The second-order valence-electron chi connectivity index (χ2n) is 5.22. The molecule has 3 unspecified atom stereocenters. The minimum absolute atomic E-state index is 0.0548. The highest BCUT2D eigenvalue weighted by Crippen LogP contribution is 2.40. The molecule has 0 radical (unpaired) electrons. The highest BCUT2D eigenvalue weighted by atomic mass is 19.4. The van der Waals surface area contributed by atoms with Gasteiger partial charge in [-0.3, -0.25) is 4.90 Å². The number of nitrogens with zero attached hydrogens (tertiary/aromatic N) is 1. The summed E-state index contributed by atoms with van der Waals surface area (Å²) in [6.07, 6.45) is -2.46. The van der Waals surface area contributed by atoms with Crippen LogP contribution in [0.15, 0.2) is 0 Å². The molecule has 0 amide bonds. The molecular weight excluding hydrogens is 243 g/mol. The van der Waals surface area contributed by atoms with Gasteiger partial charge in [0.05, 0.1) is 12.0 Å². The fourth-order valence-corrected chi connectivity index (χ4v) is 2.93. The van der Waals surface area contributed by atoms with Crippen LogP contribution >= 0.6 is 0 Å². The van der Waals surface area contributed by atoms with E-state index < -0.39 is 24.2 Å². The summed E-state index contributed by atoms with van der Waals surface area (Å²) in [6.45, 7) is 5.31. The van der Waals surface area contributed by atoms with Crippen molar-refractivity contribution in [2.45, 2.75) is 64.3 Å². The quantitative estimate of drug-likeness (QED) is 0.827. The smallest absolute Gasteiger partial charge is 0.393 e. The highest BCUT2D eigenvalue weighted by molar-refractivity contribution is 4.90. The first-order valence-corrected chi connectivity index (χ1v) is 6.89. The van der Waals surface area contributed by atoms with E-state index in [-0.39, 0.29) is 19.3 Å². The van der Waals surface area contributed by atoms with Crippen molar-refractivity contribution in [3.05, 3.63) is 0 Å². The van der Waals surface area contributed by atoms with Gasteiger partial charge in [0.15, 0.2) is 0 Å². The molecule has 0 saturated heterocycles. The Hall–Kier alpha value is -0.290. The van der Waals surface area contributed by atoms with Gasteiger partial charge in [-0.2, -0.15) is 13.2 Å². The average Bonchev–Trinajstić information content (AvgIpc) is 2.27. The normalized spacial score (nSPS) is 29.8. The second-order valence-corrected chi connectivity index (χ2v) is 5.22. The lowest BCUT2D eigenvalue weighted by Gasteiger charge is -2.42. The van der Waals surface area contributed by atoms with Crippen LogP contribution < -0.4 is 0 Å². The topological polar surface area (TPSA) is 23.5 Å². The van der Waals surface area contributed by atoms with Crippen molar-refractivity contribution in [2.24, 2.45) is 5.92 Å². The average molecular weight is 267 g/mol. The van der Waals surface area contributed by atoms with Gasteiger partial charge in [-0.25, -0.2) is 0 Å². The molecule has 1 fully saturated rings. The van der Waals surface area contributed by atoms with Crippen molar-refractivity contribution in [1.29, 1.82) is 0 Å². The Morgan fingerprint density at radius 2 is 1.67 bits per heavy atom. The zero-order valence-corrected chi connectivity index (χ0v) is 11.2. The van der Waals surface area contributed by atoms with E-state index >= 15 is 0 Å². The molecule has 1 aliphatic carbocycles. The first-order chi connectivity index (χ1) is 8.40. The second kappa shape index (κ2) is 6.75. The van der Waals surface area contributed by atoms with Crippen molar-refractivity contribution in [3.8, 4) is 0 Å². The van der Waals surface area contributed by atoms with Gasteiger partial charge in [0.25, 0.3) is 0 Å². The van der Waals surface area contributed by atoms with Crippen molar-refractivity contribution in [1.82, 2.24) is 4.90 Å². The Balaban J connectivity index is 2.81. The van der Waals surface area contributed by atoms with Gasteiger partial charge < -0.3 is 5.11 Å². The van der Waals surface area contributed by atoms with Gasteiger partial charge >= 0.3 is 6.18 Å². The van der Waals surface area contributed by atoms with Gasteiger partial charge in [0.2, 0.25) is 0 Å². The summed E-state index contributed by atoms with van der Waals surface area (Å²) in [5, 5.41) is 9.65. The Labute approximate surface area is 107 Å². The zero-order valence-electron chi connectivity index (χ0n) is 11.2. The number of alkyl halides is 3. The molecule has 2 nitrogen and oxygen atoms in total. The van der Waals surface area contributed by atoms with Gasteiger partial charge in [-0.1, -0.05) is 13.8 Å². The Morgan fingerprint density at radius 1 is 1.11 bits per heavy atom. The lowest BCUT2D eigenvalue weighted by Crippen LogP contribution is -2.51. The molecule has 108 valence electrons. The fourth-order valence-electron chi connectivity index (χ4n) is 2.93. The molecule has 0 aromatic rings. The van der Waals surface area contributed by atoms with Gasteiger partial charge in [-0.15, -0.1) is 0 Å². The first kappa shape index (κ1) is 15.8. The van der Waals surface area contributed by atoms with Gasteiger partial charge in [0.1, 0.15) is 0 Å². The molecule has 0 heterocycles. The monoisotopic (exact) mass is 267 g/mol. The molecule has 1 aliphatic rings. The number of aliphatic hydroxyl groups is 1. The third-order valence-corrected chi connectivity index (χ3v) is 3.70. The Morgan fingerprint density at radius 3 is 2.11 bits per heavy atom. The van der Waals surface area contributed by atoms with Crippen LogP contribution in [0, 0.1) is 5.92 Å². The van der Waals surface area contributed by atoms with E-state index in [2.05, 4.69) is 0 Å². The number of aliphatic hydroxyl groups excluding tert-OH is 1. The molecule has 5 heteroatoms. The molecule has 18 heavy (non-hydrogen) atoms. The summed E-state index contributed by atoms with van der Waals surface area (Å²) in [5.74, 6) is -1.28. The SMILES string of the molecule is CCCN(CCC)C1CC(O)CCC1C(F)(F)F. The van der Waals surface area contributed by atoms with E-state index in [0.29, 0.717) is 13.1 Å². The molecule has 0 spiro atoms. The van der Waals surface area contributed by atoms with Crippen LogP contribution in [0.25, 0.3) is 0 Å². The maximum Gasteiger partial charge on any atom is 0.393 e. The minimum Gasteiger partial charge on any atom is -0.393 e. The van der Waals surface area contributed by atoms with Crippen LogP contribution in [-0.4, -0.2) is 41.4 Å². The lowest BCUT2D eigenvalue weighted by atomic mass is 9.81. The Kier molecular flexibility index (Phi) is 5.92.